The molecule has 2 heterocycles. The molecular formula is C17H20Cl2N4. The Morgan fingerprint density at radius 2 is 2.04 bits per heavy atom. The number of benzene rings is 1. The Kier molecular flexibility index (Phi) is 4.93. The molecule has 4 nitrogen and oxygen atoms in total. The molecule has 1 aromatic carbocycles. The van der Waals surface area contributed by atoms with Crippen molar-refractivity contribution in [1.82, 2.24) is 9.97 Å². The van der Waals surface area contributed by atoms with Crippen LogP contribution in [0, 0.1) is 12.8 Å². The van der Waals surface area contributed by atoms with Crippen LogP contribution in [0.25, 0.3) is 0 Å². The van der Waals surface area contributed by atoms with Crippen LogP contribution in [0.3, 0.4) is 0 Å². The Labute approximate surface area is 146 Å². The van der Waals surface area contributed by atoms with Crippen LogP contribution in [-0.2, 0) is 0 Å². The van der Waals surface area contributed by atoms with Gasteiger partial charge in [0.25, 0.3) is 0 Å². The van der Waals surface area contributed by atoms with E-state index in [1.54, 1.807) is 12.1 Å². The normalized spacial score (nSPS) is 18.1. The molecule has 1 saturated heterocycles. The van der Waals surface area contributed by atoms with E-state index in [1.807, 2.05) is 19.1 Å². The molecule has 122 valence electrons. The number of nitrogens with zero attached hydrogens (tertiary/aromatic N) is 3. The maximum atomic E-state index is 6.23. The van der Waals surface area contributed by atoms with Crippen molar-refractivity contribution in [1.29, 1.82) is 0 Å². The van der Waals surface area contributed by atoms with E-state index in [1.165, 1.54) is 12.8 Å². The zero-order chi connectivity index (χ0) is 16.4. The maximum Gasteiger partial charge on any atom is 0.136 e. The summed E-state index contributed by atoms with van der Waals surface area (Å²) >= 11 is 12.2. The van der Waals surface area contributed by atoms with Crippen LogP contribution in [0.1, 0.15) is 25.6 Å². The van der Waals surface area contributed by atoms with Crippen molar-refractivity contribution in [2.24, 2.45) is 5.92 Å². The fourth-order valence-electron chi connectivity index (χ4n) is 2.90. The second kappa shape index (κ2) is 6.93. The van der Waals surface area contributed by atoms with Crippen LogP contribution < -0.4 is 10.2 Å². The highest BCUT2D eigenvalue weighted by atomic mass is 35.5. The Hall–Kier alpha value is -1.52. The molecule has 0 saturated carbocycles. The molecule has 1 unspecified atom stereocenters. The van der Waals surface area contributed by atoms with Gasteiger partial charge in [-0.3, -0.25) is 0 Å². The molecule has 1 N–H and O–H groups in total. The van der Waals surface area contributed by atoms with Gasteiger partial charge in [0.1, 0.15) is 17.5 Å². The van der Waals surface area contributed by atoms with Crippen molar-refractivity contribution in [3.8, 4) is 0 Å². The number of aromatic nitrogens is 2. The van der Waals surface area contributed by atoms with Gasteiger partial charge in [-0.15, -0.1) is 0 Å². The third-order valence-corrected chi connectivity index (χ3v) is 4.55. The molecule has 3 rings (SSSR count). The van der Waals surface area contributed by atoms with Crippen LogP contribution in [0.5, 0.6) is 0 Å². The highest BCUT2D eigenvalue weighted by Crippen LogP contribution is 2.29. The zero-order valence-electron chi connectivity index (χ0n) is 13.3. The molecule has 0 amide bonds. The number of rotatable bonds is 3. The standard InChI is InChI=1S/C17H20Cl2N4/c1-11-4-3-7-23(10-11)17-9-16(20-12(2)21-17)22-15-6-5-13(18)8-14(15)19/h5-6,8-9,11H,3-4,7,10H2,1-2H3,(H,20,21,22). The molecule has 2 aromatic rings. The minimum atomic E-state index is 0.571. The minimum Gasteiger partial charge on any atom is -0.356 e. The smallest absolute Gasteiger partial charge is 0.136 e. The van der Waals surface area contributed by atoms with E-state index in [9.17, 15) is 0 Å². The molecule has 1 fully saturated rings. The lowest BCUT2D eigenvalue weighted by Gasteiger charge is -2.32. The molecule has 6 heteroatoms. The number of aryl methyl sites for hydroxylation is 1. The molecule has 0 spiro atoms. The number of nitrogens with one attached hydrogen (secondary N) is 1. The van der Waals surface area contributed by atoms with Crippen LogP contribution in [0.4, 0.5) is 17.3 Å². The van der Waals surface area contributed by atoms with E-state index < -0.39 is 0 Å². The third kappa shape index (κ3) is 4.06. The average Bonchev–Trinajstić information content (AvgIpc) is 2.50. The van der Waals surface area contributed by atoms with E-state index in [4.69, 9.17) is 23.2 Å². The predicted octanol–water partition coefficient (Wildman–Crippen LogP) is 5.07. The van der Waals surface area contributed by atoms with E-state index in [0.717, 1.165) is 36.2 Å². The van der Waals surface area contributed by atoms with Crippen molar-refractivity contribution in [3.05, 3.63) is 40.1 Å². The highest BCUT2D eigenvalue weighted by Gasteiger charge is 2.18. The number of anilines is 3. The van der Waals surface area contributed by atoms with Gasteiger partial charge in [-0.2, -0.15) is 0 Å². The Bertz CT molecular complexity index is 705. The van der Waals surface area contributed by atoms with E-state index in [0.29, 0.717) is 16.0 Å². The quantitative estimate of drug-likeness (QED) is 0.838. The van der Waals surface area contributed by atoms with Gasteiger partial charge < -0.3 is 10.2 Å². The van der Waals surface area contributed by atoms with Crippen LogP contribution >= 0.6 is 23.2 Å². The van der Waals surface area contributed by atoms with Crippen LogP contribution in [0.15, 0.2) is 24.3 Å². The summed E-state index contributed by atoms with van der Waals surface area (Å²) in [5.41, 5.74) is 0.784. The molecule has 0 aliphatic carbocycles. The van der Waals surface area contributed by atoms with Crippen molar-refractivity contribution in [2.45, 2.75) is 26.7 Å². The first kappa shape index (κ1) is 16.3. The first-order chi connectivity index (χ1) is 11.0. The lowest BCUT2D eigenvalue weighted by molar-refractivity contribution is 0.444. The second-order valence-corrected chi connectivity index (χ2v) is 6.94. The van der Waals surface area contributed by atoms with Gasteiger partial charge in [-0.05, 0) is 43.9 Å². The fraction of sp³-hybridized carbons (Fsp3) is 0.412. The average molecular weight is 351 g/mol. The van der Waals surface area contributed by atoms with Crippen LogP contribution in [0.2, 0.25) is 10.0 Å². The topological polar surface area (TPSA) is 41.1 Å². The number of hydrogen-bond donors (Lipinski definition) is 1. The SMILES string of the molecule is Cc1nc(Nc2ccc(Cl)cc2Cl)cc(N2CCCC(C)C2)n1. The molecule has 1 aliphatic heterocycles. The maximum absolute atomic E-state index is 6.23. The lowest BCUT2D eigenvalue weighted by atomic mass is 10.0. The van der Waals surface area contributed by atoms with Crippen molar-refractivity contribution < 1.29 is 0 Å². The molecule has 1 aliphatic rings. The molecule has 1 atom stereocenters. The molecule has 0 bridgehead atoms. The van der Waals surface area contributed by atoms with Gasteiger partial charge in [-0.1, -0.05) is 30.1 Å². The summed E-state index contributed by atoms with van der Waals surface area (Å²) in [6.45, 7) is 6.28. The summed E-state index contributed by atoms with van der Waals surface area (Å²) < 4.78 is 0. The Morgan fingerprint density at radius 1 is 1.22 bits per heavy atom. The van der Waals surface area contributed by atoms with Gasteiger partial charge >= 0.3 is 0 Å². The van der Waals surface area contributed by atoms with Gasteiger partial charge in [-0.25, -0.2) is 9.97 Å². The summed E-state index contributed by atoms with van der Waals surface area (Å²) in [6, 6.07) is 7.35. The van der Waals surface area contributed by atoms with E-state index in [2.05, 4.69) is 27.1 Å². The first-order valence-corrected chi connectivity index (χ1v) is 8.59. The van der Waals surface area contributed by atoms with E-state index in [-0.39, 0.29) is 0 Å². The Morgan fingerprint density at radius 3 is 2.78 bits per heavy atom. The first-order valence-electron chi connectivity index (χ1n) is 7.84. The van der Waals surface area contributed by atoms with Crippen molar-refractivity contribution in [2.75, 3.05) is 23.3 Å². The zero-order valence-corrected chi connectivity index (χ0v) is 14.8. The predicted molar refractivity (Wildman–Crippen MR) is 97.1 cm³/mol. The highest BCUT2D eigenvalue weighted by molar-refractivity contribution is 6.36. The lowest BCUT2D eigenvalue weighted by Crippen LogP contribution is -2.35. The summed E-state index contributed by atoms with van der Waals surface area (Å²) in [5.74, 6) is 3.15. The minimum absolute atomic E-state index is 0.571. The molecule has 0 radical (unpaired) electrons. The largest absolute Gasteiger partial charge is 0.356 e. The number of halogens is 2. The van der Waals surface area contributed by atoms with E-state index >= 15 is 0 Å². The summed E-state index contributed by atoms with van der Waals surface area (Å²) in [5, 5.41) is 4.45. The van der Waals surface area contributed by atoms with Crippen LogP contribution in [-0.4, -0.2) is 23.1 Å². The summed E-state index contributed by atoms with van der Waals surface area (Å²) in [7, 11) is 0. The van der Waals surface area contributed by atoms with Crippen molar-refractivity contribution in [3.63, 3.8) is 0 Å². The van der Waals surface area contributed by atoms with Gasteiger partial charge in [0.05, 0.1) is 10.7 Å². The molecular weight excluding hydrogens is 331 g/mol. The molecule has 1 aromatic heterocycles. The second-order valence-electron chi connectivity index (χ2n) is 6.10. The van der Waals surface area contributed by atoms with Gasteiger partial charge in [0.2, 0.25) is 0 Å². The van der Waals surface area contributed by atoms with Gasteiger partial charge in [0, 0.05) is 24.2 Å². The third-order valence-electron chi connectivity index (χ3n) is 4.00. The van der Waals surface area contributed by atoms with Gasteiger partial charge in [0.15, 0.2) is 0 Å². The number of piperidine rings is 1. The van der Waals surface area contributed by atoms with Crippen molar-refractivity contribution >= 4 is 40.5 Å². The Balaban J connectivity index is 1.85. The molecule has 23 heavy (non-hydrogen) atoms. The monoisotopic (exact) mass is 350 g/mol. The fourth-order valence-corrected chi connectivity index (χ4v) is 3.36. The summed E-state index contributed by atoms with van der Waals surface area (Å²) in [4.78, 5) is 11.4. The summed E-state index contributed by atoms with van der Waals surface area (Å²) in [6.07, 6.45) is 2.49. The number of hydrogen-bond acceptors (Lipinski definition) is 4.